The molecule has 0 radical (unpaired) electrons. The quantitative estimate of drug-likeness (QED) is 0.673. The molecular formula is C15H14FN2O+. The second-order valence-corrected chi connectivity index (χ2v) is 4.62. The summed E-state index contributed by atoms with van der Waals surface area (Å²) < 4.78 is 14.7. The number of fused-ring (bicyclic) bond motifs is 1. The number of pyridine rings is 1. The Hall–Kier alpha value is -2.23. The lowest BCUT2D eigenvalue weighted by atomic mass is 10.1. The molecule has 3 rings (SSSR count). The Kier molecular flexibility index (Phi) is 2.99. The van der Waals surface area contributed by atoms with Gasteiger partial charge in [-0.25, -0.2) is 8.96 Å². The summed E-state index contributed by atoms with van der Waals surface area (Å²) in [6.07, 6.45) is 2.87. The molecule has 0 saturated carbocycles. The summed E-state index contributed by atoms with van der Waals surface area (Å²) >= 11 is 0. The Morgan fingerprint density at radius 3 is 2.84 bits per heavy atom. The van der Waals surface area contributed by atoms with Crippen LogP contribution >= 0.6 is 0 Å². The number of carbonyl (C=O) groups excluding carboxylic acids is 1. The zero-order valence-corrected chi connectivity index (χ0v) is 10.4. The number of carbonyl (C=O) groups is 1. The number of nitrogens with one attached hydrogen (secondary N) is 1. The van der Waals surface area contributed by atoms with Gasteiger partial charge in [-0.1, -0.05) is 0 Å². The molecule has 2 aromatic rings. The highest BCUT2D eigenvalue weighted by Crippen LogP contribution is 2.16. The number of anilines is 1. The maximum Gasteiger partial charge on any atom is 0.278 e. The van der Waals surface area contributed by atoms with E-state index >= 15 is 0 Å². The summed E-state index contributed by atoms with van der Waals surface area (Å²) in [4.78, 5) is 12.2. The van der Waals surface area contributed by atoms with E-state index in [4.69, 9.17) is 0 Å². The molecule has 0 saturated heterocycles. The van der Waals surface area contributed by atoms with Gasteiger partial charge in [-0.15, -0.1) is 0 Å². The molecule has 4 heteroatoms. The van der Waals surface area contributed by atoms with Gasteiger partial charge in [0.15, 0.2) is 6.54 Å². The van der Waals surface area contributed by atoms with E-state index in [0.29, 0.717) is 5.56 Å². The van der Waals surface area contributed by atoms with Crippen LogP contribution in [0.2, 0.25) is 0 Å². The molecule has 1 N–H and O–H groups in total. The van der Waals surface area contributed by atoms with Gasteiger partial charge in [0.2, 0.25) is 5.78 Å². The molecule has 0 bridgehead atoms. The fourth-order valence-electron chi connectivity index (χ4n) is 2.35. The lowest BCUT2D eigenvalue weighted by Crippen LogP contribution is -2.40. The van der Waals surface area contributed by atoms with Crippen molar-refractivity contribution in [1.82, 2.24) is 0 Å². The largest absolute Gasteiger partial charge is 0.290 e. The van der Waals surface area contributed by atoms with Gasteiger partial charge < -0.3 is 0 Å². The van der Waals surface area contributed by atoms with Gasteiger partial charge in [0.25, 0.3) is 5.82 Å². The van der Waals surface area contributed by atoms with Gasteiger partial charge in [0.05, 0.1) is 12.7 Å². The van der Waals surface area contributed by atoms with Crippen molar-refractivity contribution in [2.75, 3.05) is 11.9 Å². The van der Waals surface area contributed by atoms with Crippen LogP contribution in [-0.2, 0) is 13.0 Å². The first-order valence-corrected chi connectivity index (χ1v) is 6.28. The van der Waals surface area contributed by atoms with Crippen LogP contribution in [0.25, 0.3) is 0 Å². The van der Waals surface area contributed by atoms with Crippen LogP contribution in [0.4, 0.5) is 10.2 Å². The van der Waals surface area contributed by atoms with Crippen LogP contribution in [-0.4, -0.2) is 12.3 Å². The van der Waals surface area contributed by atoms with Crippen molar-refractivity contribution in [2.24, 2.45) is 0 Å². The Morgan fingerprint density at radius 2 is 2.05 bits per heavy atom. The van der Waals surface area contributed by atoms with Crippen molar-refractivity contribution in [3.8, 4) is 0 Å². The third-order valence-electron chi connectivity index (χ3n) is 3.32. The van der Waals surface area contributed by atoms with Gasteiger partial charge in [-0.2, -0.15) is 0 Å². The molecule has 1 aromatic carbocycles. The molecule has 0 atom stereocenters. The predicted octanol–water partition coefficient (Wildman–Crippen LogP) is 1.96. The van der Waals surface area contributed by atoms with E-state index in [9.17, 15) is 9.18 Å². The molecule has 3 nitrogen and oxygen atoms in total. The molecule has 0 amide bonds. The number of ketones is 1. The third-order valence-corrected chi connectivity index (χ3v) is 3.32. The first-order chi connectivity index (χ1) is 9.24. The van der Waals surface area contributed by atoms with Crippen molar-refractivity contribution < 1.29 is 13.8 Å². The Morgan fingerprint density at radius 1 is 1.26 bits per heavy atom. The highest BCUT2D eigenvalue weighted by molar-refractivity contribution is 5.95. The highest BCUT2D eigenvalue weighted by Gasteiger charge is 2.22. The van der Waals surface area contributed by atoms with Crippen LogP contribution < -0.4 is 9.88 Å². The minimum atomic E-state index is -0.327. The van der Waals surface area contributed by atoms with E-state index in [0.717, 1.165) is 18.8 Å². The monoisotopic (exact) mass is 257 g/mol. The van der Waals surface area contributed by atoms with E-state index in [1.54, 1.807) is 0 Å². The zero-order valence-electron chi connectivity index (χ0n) is 10.4. The summed E-state index contributed by atoms with van der Waals surface area (Å²) in [5, 5.41) is 3.29. The number of aromatic nitrogens is 1. The molecule has 0 aliphatic carbocycles. The summed E-state index contributed by atoms with van der Waals surface area (Å²) in [7, 11) is 0. The molecule has 0 spiro atoms. The summed E-state index contributed by atoms with van der Waals surface area (Å²) in [6, 6.07) is 9.68. The number of benzene rings is 1. The highest BCUT2D eigenvalue weighted by atomic mass is 19.1. The van der Waals surface area contributed by atoms with Crippen LogP contribution in [0.15, 0.2) is 42.6 Å². The number of nitrogens with zero attached hydrogens (tertiary/aromatic N) is 1. The number of hydrogen-bond acceptors (Lipinski definition) is 2. The molecule has 2 heterocycles. The number of halogens is 1. The van der Waals surface area contributed by atoms with Crippen molar-refractivity contribution in [2.45, 2.75) is 13.0 Å². The van der Waals surface area contributed by atoms with Crippen LogP contribution in [0.5, 0.6) is 0 Å². The number of hydrogen-bond donors (Lipinski definition) is 1. The van der Waals surface area contributed by atoms with Crippen molar-refractivity contribution in [1.29, 1.82) is 0 Å². The van der Waals surface area contributed by atoms with E-state index < -0.39 is 0 Å². The first kappa shape index (κ1) is 11.8. The van der Waals surface area contributed by atoms with E-state index in [1.165, 1.54) is 29.8 Å². The first-order valence-electron chi connectivity index (χ1n) is 6.28. The minimum absolute atomic E-state index is 0.0212. The molecule has 96 valence electrons. The average molecular weight is 257 g/mol. The number of rotatable bonds is 3. The van der Waals surface area contributed by atoms with Crippen molar-refractivity contribution >= 4 is 11.6 Å². The molecule has 1 aliphatic rings. The van der Waals surface area contributed by atoms with Gasteiger partial charge in [-0.05, 0) is 36.4 Å². The van der Waals surface area contributed by atoms with Crippen LogP contribution in [0.1, 0.15) is 15.9 Å². The predicted molar refractivity (Wildman–Crippen MR) is 69.6 cm³/mol. The standard InChI is InChI=1S/C15H13FN2O/c16-13-5-3-11(4-6-13)14(19)10-18-9-1-2-12-7-8-17-15(12)18/h1-6,9H,7-8,10H2/p+1. The fourth-order valence-corrected chi connectivity index (χ4v) is 2.35. The summed E-state index contributed by atoms with van der Waals surface area (Å²) in [5.41, 5.74) is 1.76. The molecular weight excluding hydrogens is 243 g/mol. The summed E-state index contributed by atoms with van der Waals surface area (Å²) in [5.74, 6) is 0.663. The third kappa shape index (κ3) is 2.34. The van der Waals surface area contributed by atoms with Gasteiger partial charge in [0, 0.05) is 17.5 Å². The van der Waals surface area contributed by atoms with Crippen LogP contribution in [0, 0.1) is 5.82 Å². The van der Waals surface area contributed by atoms with Crippen molar-refractivity contribution in [3.63, 3.8) is 0 Å². The number of Topliss-reactive ketones (excluding diaryl/α,β-unsaturated/α-hetero) is 1. The molecule has 0 fully saturated rings. The topological polar surface area (TPSA) is 33.0 Å². The molecule has 1 aliphatic heterocycles. The van der Waals surface area contributed by atoms with E-state index in [2.05, 4.69) is 11.4 Å². The SMILES string of the molecule is O=C(C[n+]1cccc2c1NCC2)c1ccc(F)cc1. The second-order valence-electron chi connectivity index (χ2n) is 4.62. The lowest BCUT2D eigenvalue weighted by Gasteiger charge is -2.04. The molecule has 1 aromatic heterocycles. The fraction of sp³-hybridized carbons (Fsp3) is 0.200. The normalized spacial score (nSPS) is 12.9. The Labute approximate surface area is 110 Å². The molecule has 19 heavy (non-hydrogen) atoms. The molecule has 0 unspecified atom stereocenters. The maximum atomic E-state index is 12.8. The van der Waals surface area contributed by atoms with Gasteiger partial charge >= 0.3 is 0 Å². The van der Waals surface area contributed by atoms with Crippen LogP contribution in [0.3, 0.4) is 0 Å². The lowest BCUT2D eigenvalue weighted by molar-refractivity contribution is -0.669. The Balaban J connectivity index is 1.84. The van der Waals surface area contributed by atoms with E-state index in [1.807, 2.05) is 16.8 Å². The maximum absolute atomic E-state index is 12.8. The minimum Gasteiger partial charge on any atom is -0.290 e. The Bertz CT molecular complexity index is 623. The van der Waals surface area contributed by atoms with Crippen molar-refractivity contribution in [3.05, 3.63) is 59.5 Å². The van der Waals surface area contributed by atoms with Gasteiger partial charge in [0.1, 0.15) is 5.82 Å². The summed E-state index contributed by atoms with van der Waals surface area (Å²) in [6.45, 7) is 1.17. The average Bonchev–Trinajstić information content (AvgIpc) is 2.89. The van der Waals surface area contributed by atoms with Gasteiger partial charge in [-0.3, -0.25) is 10.1 Å². The van der Waals surface area contributed by atoms with E-state index in [-0.39, 0.29) is 18.1 Å². The smallest absolute Gasteiger partial charge is 0.278 e. The second kappa shape index (κ2) is 4.80. The zero-order chi connectivity index (χ0) is 13.2.